The van der Waals surface area contributed by atoms with Crippen LogP contribution >= 0.6 is 0 Å². The number of ether oxygens (including phenoxy) is 1. The number of terminal acetylenes is 1. The van der Waals surface area contributed by atoms with Gasteiger partial charge in [0.25, 0.3) is 0 Å². The number of nitrogens with two attached hydrogens (primary N) is 1. The van der Waals surface area contributed by atoms with E-state index in [1.165, 1.54) is 19.9 Å². The lowest BCUT2D eigenvalue weighted by molar-refractivity contribution is -0.0808. The zero-order chi connectivity index (χ0) is 15.9. The molecule has 0 aliphatic carbocycles. The number of rotatable bonds is 2. The number of anilines is 1. The predicted octanol–water partition coefficient (Wildman–Crippen LogP) is -0.885. The number of hydrogen-bond acceptors (Lipinski definition) is 6. The average molecular weight is 297 g/mol. The number of nitrogen functional groups attached to an aromatic ring is 1. The molecule has 5 atom stereocenters. The largest absolute Gasteiger partial charge is 0.391 e. The highest BCUT2D eigenvalue weighted by molar-refractivity contribution is 5.29. The summed E-state index contributed by atoms with van der Waals surface area (Å²) >= 11 is 0. The van der Waals surface area contributed by atoms with Crippen LogP contribution in [0.15, 0.2) is 10.9 Å². The summed E-state index contributed by atoms with van der Waals surface area (Å²) in [5.74, 6) is 1.80. The SMILES string of the molecule is C#CC1(F)[C@@H](O)[C@@H]([C@@H](C)O)O[C@H]1n1c(C)cc(N)nc1=O. The molecule has 1 saturated heterocycles. The second-order valence-corrected chi connectivity index (χ2v) is 5.03. The summed E-state index contributed by atoms with van der Waals surface area (Å²) in [5, 5.41) is 19.5. The number of halogens is 1. The van der Waals surface area contributed by atoms with Crippen LogP contribution in [0.1, 0.15) is 18.8 Å². The van der Waals surface area contributed by atoms with E-state index in [1.807, 2.05) is 5.92 Å². The van der Waals surface area contributed by atoms with Crippen molar-refractivity contribution in [2.45, 2.75) is 44.1 Å². The van der Waals surface area contributed by atoms with Gasteiger partial charge in [0.15, 0.2) is 6.23 Å². The molecule has 21 heavy (non-hydrogen) atoms. The van der Waals surface area contributed by atoms with Gasteiger partial charge in [-0.25, -0.2) is 9.18 Å². The van der Waals surface area contributed by atoms with Gasteiger partial charge in [-0.15, -0.1) is 6.42 Å². The van der Waals surface area contributed by atoms with E-state index >= 15 is 0 Å². The maximum absolute atomic E-state index is 14.9. The number of alkyl halides is 1. The molecule has 0 radical (unpaired) electrons. The number of aliphatic hydroxyl groups is 2. The molecule has 8 heteroatoms. The van der Waals surface area contributed by atoms with Crippen molar-refractivity contribution in [1.82, 2.24) is 9.55 Å². The summed E-state index contributed by atoms with van der Waals surface area (Å²) in [4.78, 5) is 15.4. The molecule has 0 spiro atoms. The zero-order valence-corrected chi connectivity index (χ0v) is 11.5. The van der Waals surface area contributed by atoms with E-state index in [-0.39, 0.29) is 11.5 Å². The third-order valence-electron chi connectivity index (χ3n) is 3.49. The van der Waals surface area contributed by atoms with Gasteiger partial charge in [0, 0.05) is 5.69 Å². The molecule has 1 aliphatic heterocycles. The molecule has 114 valence electrons. The summed E-state index contributed by atoms with van der Waals surface area (Å²) < 4.78 is 21.1. The topological polar surface area (TPSA) is 111 Å². The molecule has 1 fully saturated rings. The number of hydrogen-bond donors (Lipinski definition) is 3. The van der Waals surface area contributed by atoms with E-state index in [9.17, 15) is 19.4 Å². The molecule has 2 rings (SSSR count). The lowest BCUT2D eigenvalue weighted by Crippen LogP contribution is -2.45. The first kappa shape index (κ1) is 15.4. The van der Waals surface area contributed by atoms with Crippen LogP contribution in [0.4, 0.5) is 10.2 Å². The van der Waals surface area contributed by atoms with E-state index in [1.54, 1.807) is 0 Å². The van der Waals surface area contributed by atoms with Crippen molar-refractivity contribution in [2.24, 2.45) is 0 Å². The predicted molar refractivity (Wildman–Crippen MR) is 71.9 cm³/mol. The lowest BCUT2D eigenvalue weighted by atomic mass is 9.95. The molecule has 0 amide bonds. The van der Waals surface area contributed by atoms with Gasteiger partial charge in [0.2, 0.25) is 5.67 Å². The smallest absolute Gasteiger partial charge is 0.351 e. The maximum atomic E-state index is 14.9. The van der Waals surface area contributed by atoms with Crippen LogP contribution in [0, 0.1) is 19.3 Å². The fourth-order valence-corrected chi connectivity index (χ4v) is 2.41. The Morgan fingerprint density at radius 2 is 2.33 bits per heavy atom. The second-order valence-electron chi connectivity index (χ2n) is 5.03. The van der Waals surface area contributed by atoms with Crippen LogP contribution in [0.25, 0.3) is 0 Å². The molecular formula is C13H16FN3O4. The molecule has 1 aromatic rings. The minimum atomic E-state index is -2.67. The van der Waals surface area contributed by atoms with Crippen LogP contribution in [0.5, 0.6) is 0 Å². The maximum Gasteiger partial charge on any atom is 0.351 e. The van der Waals surface area contributed by atoms with Gasteiger partial charge in [-0.3, -0.25) is 4.57 Å². The normalized spacial score (nSPS) is 33.6. The average Bonchev–Trinajstić information content (AvgIpc) is 2.63. The van der Waals surface area contributed by atoms with Crippen molar-refractivity contribution in [2.75, 3.05) is 5.73 Å². The van der Waals surface area contributed by atoms with E-state index in [0.29, 0.717) is 0 Å². The van der Waals surface area contributed by atoms with Gasteiger partial charge < -0.3 is 20.7 Å². The van der Waals surface area contributed by atoms with Crippen molar-refractivity contribution < 1.29 is 19.3 Å². The van der Waals surface area contributed by atoms with Crippen LogP contribution < -0.4 is 11.4 Å². The zero-order valence-electron chi connectivity index (χ0n) is 11.5. The molecule has 0 bridgehead atoms. The molecule has 7 nitrogen and oxygen atoms in total. The van der Waals surface area contributed by atoms with Crippen LogP contribution in [0.3, 0.4) is 0 Å². The number of aryl methyl sites for hydroxylation is 1. The second kappa shape index (κ2) is 5.11. The molecular weight excluding hydrogens is 281 g/mol. The summed E-state index contributed by atoms with van der Waals surface area (Å²) in [6, 6.07) is 1.35. The first-order valence-electron chi connectivity index (χ1n) is 6.26. The summed E-state index contributed by atoms with van der Waals surface area (Å²) in [5.41, 5.74) is 2.19. The van der Waals surface area contributed by atoms with E-state index in [2.05, 4.69) is 4.98 Å². The third kappa shape index (κ3) is 2.29. The lowest BCUT2D eigenvalue weighted by Gasteiger charge is -2.25. The summed E-state index contributed by atoms with van der Waals surface area (Å²) in [6.07, 6.45) is -0.648. The Bertz CT molecular complexity index is 654. The minimum absolute atomic E-state index is 0.0236. The van der Waals surface area contributed by atoms with Gasteiger partial charge in [0.1, 0.15) is 18.0 Å². The monoisotopic (exact) mass is 297 g/mol. The Balaban J connectivity index is 2.59. The first-order chi connectivity index (χ1) is 9.72. The Morgan fingerprint density at radius 1 is 1.71 bits per heavy atom. The van der Waals surface area contributed by atoms with Crippen LogP contribution in [-0.2, 0) is 4.74 Å². The van der Waals surface area contributed by atoms with Gasteiger partial charge in [-0.2, -0.15) is 4.98 Å². The quantitative estimate of drug-likeness (QED) is 0.611. The Hall–Kier alpha value is -1.95. The summed E-state index contributed by atoms with van der Waals surface area (Å²) in [7, 11) is 0. The van der Waals surface area contributed by atoms with Gasteiger partial charge in [0.05, 0.1) is 6.10 Å². The van der Waals surface area contributed by atoms with E-state index in [0.717, 1.165) is 4.57 Å². The van der Waals surface area contributed by atoms with Crippen molar-refractivity contribution in [3.8, 4) is 12.3 Å². The van der Waals surface area contributed by atoms with Gasteiger partial charge in [-0.05, 0) is 19.9 Å². The highest BCUT2D eigenvalue weighted by atomic mass is 19.1. The van der Waals surface area contributed by atoms with Gasteiger partial charge >= 0.3 is 5.69 Å². The molecule has 0 aromatic carbocycles. The summed E-state index contributed by atoms with van der Waals surface area (Å²) in [6.45, 7) is 2.83. The van der Waals surface area contributed by atoms with Crippen LogP contribution in [0.2, 0.25) is 0 Å². The molecule has 1 unspecified atom stereocenters. The molecule has 1 aliphatic rings. The third-order valence-corrected chi connectivity index (χ3v) is 3.49. The van der Waals surface area contributed by atoms with E-state index in [4.69, 9.17) is 16.9 Å². The minimum Gasteiger partial charge on any atom is -0.391 e. The Morgan fingerprint density at radius 3 is 2.81 bits per heavy atom. The molecule has 4 N–H and O–H groups in total. The van der Waals surface area contributed by atoms with Crippen molar-refractivity contribution >= 4 is 5.82 Å². The fraction of sp³-hybridized carbons (Fsp3) is 0.538. The number of nitrogens with zero attached hydrogens (tertiary/aromatic N) is 2. The highest BCUT2D eigenvalue weighted by Gasteiger charge is 2.59. The van der Waals surface area contributed by atoms with Crippen molar-refractivity contribution in [3.05, 3.63) is 22.2 Å². The number of aliphatic hydroxyl groups excluding tert-OH is 2. The molecule has 1 aromatic heterocycles. The molecule has 0 saturated carbocycles. The molecule has 2 heterocycles. The first-order valence-corrected chi connectivity index (χ1v) is 6.26. The van der Waals surface area contributed by atoms with Crippen LogP contribution in [-0.4, -0.2) is 43.7 Å². The fourth-order valence-electron chi connectivity index (χ4n) is 2.41. The highest BCUT2D eigenvalue weighted by Crippen LogP contribution is 2.42. The van der Waals surface area contributed by atoms with E-state index < -0.39 is 35.9 Å². The standard InChI is InChI=1S/C13H16FN3O4/c1-4-13(14)10(19)9(7(3)18)21-11(13)17-6(2)5-8(15)16-12(17)20/h1,5,7,9-11,18-19H,2-3H3,(H2,15,16,20)/t7-,9-,10+,11-,13?/m1/s1. The van der Waals surface area contributed by atoms with Crippen molar-refractivity contribution in [3.63, 3.8) is 0 Å². The van der Waals surface area contributed by atoms with Crippen molar-refractivity contribution in [1.29, 1.82) is 0 Å². The van der Waals surface area contributed by atoms with Gasteiger partial charge in [-0.1, -0.05) is 5.92 Å². The number of aromatic nitrogens is 2. The Kier molecular flexibility index (Phi) is 3.76. The Labute approximate surface area is 120 Å².